The van der Waals surface area contributed by atoms with Crippen LogP contribution in [0.2, 0.25) is 0 Å². The SMILES string of the molecule is ClC1CCCCC(c2cscn2)C1. The molecule has 13 heavy (non-hydrogen) atoms. The Bertz CT molecular complexity index is 247. The van der Waals surface area contributed by atoms with Gasteiger partial charge in [0.25, 0.3) is 0 Å². The van der Waals surface area contributed by atoms with Gasteiger partial charge in [0.15, 0.2) is 0 Å². The average molecular weight is 216 g/mol. The Morgan fingerprint density at radius 3 is 3.00 bits per heavy atom. The summed E-state index contributed by atoms with van der Waals surface area (Å²) in [5, 5.41) is 2.54. The van der Waals surface area contributed by atoms with E-state index < -0.39 is 0 Å². The Morgan fingerprint density at radius 2 is 2.23 bits per heavy atom. The number of thiazole rings is 1. The quantitative estimate of drug-likeness (QED) is 0.513. The lowest BCUT2D eigenvalue weighted by Crippen LogP contribution is -2.04. The molecule has 1 saturated carbocycles. The molecule has 1 aromatic rings. The van der Waals surface area contributed by atoms with Crippen LogP contribution < -0.4 is 0 Å². The second-order valence-electron chi connectivity index (χ2n) is 3.73. The first-order valence-corrected chi connectivity index (χ1v) is 6.26. The molecule has 1 aliphatic carbocycles. The van der Waals surface area contributed by atoms with Crippen molar-refractivity contribution < 1.29 is 0 Å². The fourth-order valence-corrected chi connectivity index (χ4v) is 3.00. The summed E-state index contributed by atoms with van der Waals surface area (Å²) in [6.45, 7) is 0. The maximum atomic E-state index is 6.21. The molecule has 1 aromatic heterocycles. The standard InChI is InChI=1S/C10H14ClNS/c11-9-4-2-1-3-8(5-9)10-6-13-7-12-10/h6-9H,1-5H2. The van der Waals surface area contributed by atoms with Crippen molar-refractivity contribution in [2.24, 2.45) is 0 Å². The van der Waals surface area contributed by atoms with Crippen LogP contribution >= 0.6 is 22.9 Å². The third-order valence-electron chi connectivity index (χ3n) is 2.73. The van der Waals surface area contributed by atoms with Gasteiger partial charge in [-0.1, -0.05) is 12.8 Å². The molecule has 1 fully saturated rings. The van der Waals surface area contributed by atoms with E-state index >= 15 is 0 Å². The average Bonchev–Trinajstić information content (AvgIpc) is 2.56. The van der Waals surface area contributed by atoms with Crippen LogP contribution in [0.3, 0.4) is 0 Å². The lowest BCUT2D eigenvalue weighted by Gasteiger charge is -2.12. The van der Waals surface area contributed by atoms with Crippen molar-refractivity contribution in [3.63, 3.8) is 0 Å². The maximum absolute atomic E-state index is 6.21. The van der Waals surface area contributed by atoms with Crippen LogP contribution in [0.1, 0.15) is 43.7 Å². The van der Waals surface area contributed by atoms with E-state index in [4.69, 9.17) is 11.6 Å². The molecule has 0 bridgehead atoms. The molecule has 0 N–H and O–H groups in total. The molecule has 0 saturated heterocycles. The van der Waals surface area contributed by atoms with E-state index in [1.165, 1.54) is 31.4 Å². The highest BCUT2D eigenvalue weighted by Gasteiger charge is 2.20. The number of nitrogens with zero attached hydrogens (tertiary/aromatic N) is 1. The molecular weight excluding hydrogens is 202 g/mol. The Kier molecular flexibility index (Phi) is 3.23. The first kappa shape index (κ1) is 9.47. The van der Waals surface area contributed by atoms with Gasteiger partial charge in [-0.15, -0.1) is 22.9 Å². The molecule has 1 heterocycles. The summed E-state index contributed by atoms with van der Waals surface area (Å²) >= 11 is 7.90. The normalized spacial score (nSPS) is 29.9. The third kappa shape index (κ3) is 2.44. The lowest BCUT2D eigenvalue weighted by molar-refractivity contribution is 0.583. The molecule has 1 nitrogen and oxygen atoms in total. The number of aromatic nitrogens is 1. The van der Waals surface area contributed by atoms with Crippen LogP contribution in [0.25, 0.3) is 0 Å². The van der Waals surface area contributed by atoms with Crippen molar-refractivity contribution in [1.29, 1.82) is 0 Å². The summed E-state index contributed by atoms with van der Waals surface area (Å²) in [4.78, 5) is 4.38. The molecule has 0 aliphatic heterocycles. The van der Waals surface area contributed by atoms with Gasteiger partial charge in [0.2, 0.25) is 0 Å². The van der Waals surface area contributed by atoms with Gasteiger partial charge in [-0.05, 0) is 19.3 Å². The molecule has 72 valence electrons. The van der Waals surface area contributed by atoms with E-state index in [0.717, 1.165) is 6.42 Å². The van der Waals surface area contributed by atoms with E-state index in [1.807, 2.05) is 5.51 Å². The van der Waals surface area contributed by atoms with E-state index in [0.29, 0.717) is 11.3 Å². The summed E-state index contributed by atoms with van der Waals surface area (Å²) in [5.41, 5.74) is 3.18. The van der Waals surface area contributed by atoms with Gasteiger partial charge in [0.1, 0.15) is 0 Å². The van der Waals surface area contributed by atoms with Crippen molar-refractivity contribution in [3.8, 4) is 0 Å². The maximum Gasteiger partial charge on any atom is 0.0794 e. The molecule has 2 rings (SSSR count). The molecule has 0 amide bonds. The Labute approximate surface area is 88.1 Å². The minimum absolute atomic E-state index is 0.370. The number of alkyl halides is 1. The largest absolute Gasteiger partial charge is 0.249 e. The Hall–Kier alpha value is -0.0800. The predicted octanol–water partition coefficient (Wildman–Crippen LogP) is 3.80. The number of rotatable bonds is 1. The van der Waals surface area contributed by atoms with Crippen LogP contribution in [-0.2, 0) is 0 Å². The van der Waals surface area contributed by atoms with Gasteiger partial charge in [-0.3, -0.25) is 0 Å². The summed E-state index contributed by atoms with van der Waals surface area (Å²) in [7, 11) is 0. The van der Waals surface area contributed by atoms with Crippen LogP contribution in [0.5, 0.6) is 0 Å². The van der Waals surface area contributed by atoms with Crippen LogP contribution in [0.4, 0.5) is 0 Å². The van der Waals surface area contributed by atoms with Gasteiger partial charge in [0.05, 0.1) is 11.2 Å². The van der Waals surface area contributed by atoms with Gasteiger partial charge in [0, 0.05) is 16.7 Å². The zero-order valence-corrected chi connectivity index (χ0v) is 9.15. The van der Waals surface area contributed by atoms with E-state index in [-0.39, 0.29) is 0 Å². The number of halogens is 1. The minimum atomic E-state index is 0.370. The van der Waals surface area contributed by atoms with Crippen molar-refractivity contribution in [1.82, 2.24) is 4.98 Å². The molecular formula is C10H14ClNS. The van der Waals surface area contributed by atoms with Gasteiger partial charge in [-0.2, -0.15) is 0 Å². The molecule has 0 spiro atoms. The van der Waals surface area contributed by atoms with Crippen molar-refractivity contribution in [3.05, 3.63) is 16.6 Å². The first-order chi connectivity index (χ1) is 6.36. The van der Waals surface area contributed by atoms with Crippen molar-refractivity contribution in [2.75, 3.05) is 0 Å². The first-order valence-electron chi connectivity index (χ1n) is 4.88. The molecule has 2 unspecified atom stereocenters. The Balaban J connectivity index is 2.05. The summed E-state index contributed by atoms with van der Waals surface area (Å²) in [5.74, 6) is 0.622. The van der Waals surface area contributed by atoms with Crippen molar-refractivity contribution in [2.45, 2.75) is 43.4 Å². The Morgan fingerprint density at radius 1 is 1.38 bits per heavy atom. The van der Waals surface area contributed by atoms with E-state index in [9.17, 15) is 0 Å². The second-order valence-corrected chi connectivity index (χ2v) is 5.06. The number of hydrogen-bond acceptors (Lipinski definition) is 2. The fraction of sp³-hybridized carbons (Fsp3) is 0.700. The molecule has 0 radical (unpaired) electrons. The van der Waals surface area contributed by atoms with E-state index in [1.54, 1.807) is 11.3 Å². The highest BCUT2D eigenvalue weighted by Crippen LogP contribution is 2.33. The molecule has 2 atom stereocenters. The molecule has 1 aliphatic rings. The summed E-state index contributed by atoms with van der Waals surface area (Å²) in [6.07, 6.45) is 6.17. The highest BCUT2D eigenvalue weighted by molar-refractivity contribution is 7.07. The van der Waals surface area contributed by atoms with Gasteiger partial charge in [-0.25, -0.2) is 4.98 Å². The van der Waals surface area contributed by atoms with Crippen LogP contribution in [-0.4, -0.2) is 10.4 Å². The zero-order chi connectivity index (χ0) is 9.10. The second kappa shape index (κ2) is 4.43. The van der Waals surface area contributed by atoms with E-state index in [2.05, 4.69) is 10.4 Å². The van der Waals surface area contributed by atoms with Crippen LogP contribution in [0, 0.1) is 0 Å². The summed E-state index contributed by atoms with van der Waals surface area (Å²) < 4.78 is 0. The monoisotopic (exact) mass is 215 g/mol. The zero-order valence-electron chi connectivity index (χ0n) is 7.58. The van der Waals surface area contributed by atoms with Crippen LogP contribution in [0.15, 0.2) is 10.9 Å². The third-order valence-corrected chi connectivity index (χ3v) is 3.73. The number of hydrogen-bond donors (Lipinski definition) is 0. The van der Waals surface area contributed by atoms with Gasteiger partial charge < -0.3 is 0 Å². The smallest absolute Gasteiger partial charge is 0.0794 e. The topological polar surface area (TPSA) is 12.9 Å². The lowest BCUT2D eigenvalue weighted by atomic mass is 9.97. The molecule has 0 aromatic carbocycles. The highest BCUT2D eigenvalue weighted by atomic mass is 35.5. The predicted molar refractivity (Wildman–Crippen MR) is 57.6 cm³/mol. The minimum Gasteiger partial charge on any atom is -0.249 e. The van der Waals surface area contributed by atoms with Gasteiger partial charge >= 0.3 is 0 Å². The molecule has 3 heteroatoms. The fourth-order valence-electron chi connectivity index (χ4n) is 1.99. The van der Waals surface area contributed by atoms with Crippen molar-refractivity contribution >= 4 is 22.9 Å². The summed E-state index contributed by atoms with van der Waals surface area (Å²) in [6, 6.07) is 0.